The van der Waals surface area contributed by atoms with E-state index in [1.54, 1.807) is 4.90 Å². The molecule has 0 saturated carbocycles. The fourth-order valence-electron chi connectivity index (χ4n) is 1.57. The highest BCUT2D eigenvalue weighted by Gasteiger charge is 2.19. The molecule has 0 bridgehead atoms. The first-order valence-corrected chi connectivity index (χ1v) is 5.73. The molecule has 0 fully saturated rings. The molecule has 0 spiro atoms. The summed E-state index contributed by atoms with van der Waals surface area (Å²) in [6.07, 6.45) is 0.668. The summed E-state index contributed by atoms with van der Waals surface area (Å²) in [5, 5.41) is 0. The molecule has 3 nitrogen and oxygen atoms in total. The fraction of sp³-hybridized carbons (Fsp3) is 0.462. The van der Waals surface area contributed by atoms with Gasteiger partial charge in [0, 0.05) is 12.2 Å². The third kappa shape index (κ3) is 2.83. The summed E-state index contributed by atoms with van der Waals surface area (Å²) in [7, 11) is 0. The van der Waals surface area contributed by atoms with E-state index in [-0.39, 0.29) is 5.91 Å². The molecule has 16 heavy (non-hydrogen) atoms. The highest BCUT2D eigenvalue weighted by atomic mass is 16.2. The first kappa shape index (κ1) is 12.7. The van der Waals surface area contributed by atoms with Crippen LogP contribution in [-0.2, 0) is 4.79 Å². The van der Waals surface area contributed by atoms with Crippen LogP contribution in [0.25, 0.3) is 0 Å². The first-order chi connectivity index (χ1) is 7.60. The average Bonchev–Trinajstić information content (AvgIpc) is 2.31. The van der Waals surface area contributed by atoms with Crippen LogP contribution in [0, 0.1) is 6.92 Å². The summed E-state index contributed by atoms with van der Waals surface area (Å²) in [4.78, 5) is 13.7. The molecule has 88 valence electrons. The van der Waals surface area contributed by atoms with Crippen LogP contribution in [0.2, 0.25) is 0 Å². The van der Waals surface area contributed by atoms with Crippen molar-refractivity contribution in [1.29, 1.82) is 0 Å². The van der Waals surface area contributed by atoms with Gasteiger partial charge in [-0.25, -0.2) is 0 Å². The molecule has 0 saturated heterocycles. The van der Waals surface area contributed by atoms with Crippen molar-refractivity contribution in [2.45, 2.75) is 33.2 Å². The van der Waals surface area contributed by atoms with Crippen LogP contribution in [0.5, 0.6) is 0 Å². The zero-order valence-corrected chi connectivity index (χ0v) is 10.2. The Morgan fingerprint density at radius 1 is 1.31 bits per heavy atom. The third-order valence-electron chi connectivity index (χ3n) is 2.68. The maximum Gasteiger partial charge on any atom is 0.243 e. The number of hydrogen-bond donors (Lipinski definition) is 1. The minimum atomic E-state index is -0.402. The normalized spacial score (nSPS) is 12.2. The van der Waals surface area contributed by atoms with E-state index >= 15 is 0 Å². The van der Waals surface area contributed by atoms with Crippen molar-refractivity contribution in [3.63, 3.8) is 0 Å². The largest absolute Gasteiger partial charge is 0.320 e. The molecule has 1 aromatic carbocycles. The standard InChI is InChI=1S/C13H20N2O/c1-4-12(14)13(16)15(5-2)11-8-6-10(3)7-9-11/h6-9,12H,4-5,14H2,1-3H3. The van der Waals surface area contributed by atoms with Gasteiger partial charge >= 0.3 is 0 Å². The number of carbonyl (C=O) groups is 1. The number of aryl methyl sites for hydroxylation is 1. The van der Waals surface area contributed by atoms with Crippen LogP contribution in [0.3, 0.4) is 0 Å². The highest BCUT2D eigenvalue weighted by molar-refractivity contribution is 5.96. The Labute approximate surface area is 97.2 Å². The lowest BCUT2D eigenvalue weighted by atomic mass is 10.1. The van der Waals surface area contributed by atoms with E-state index < -0.39 is 6.04 Å². The highest BCUT2D eigenvalue weighted by Crippen LogP contribution is 2.16. The number of anilines is 1. The summed E-state index contributed by atoms with van der Waals surface area (Å²) >= 11 is 0. The fourth-order valence-corrected chi connectivity index (χ4v) is 1.57. The van der Waals surface area contributed by atoms with Crippen molar-refractivity contribution in [3.05, 3.63) is 29.8 Å². The molecule has 1 amide bonds. The second-order valence-electron chi connectivity index (χ2n) is 3.93. The van der Waals surface area contributed by atoms with Gasteiger partial charge in [0.1, 0.15) is 0 Å². The molecule has 0 aliphatic carbocycles. The van der Waals surface area contributed by atoms with Crippen molar-refractivity contribution in [3.8, 4) is 0 Å². The second kappa shape index (κ2) is 5.66. The van der Waals surface area contributed by atoms with Crippen molar-refractivity contribution in [1.82, 2.24) is 0 Å². The lowest BCUT2D eigenvalue weighted by molar-refractivity contribution is -0.119. The van der Waals surface area contributed by atoms with Crippen molar-refractivity contribution >= 4 is 11.6 Å². The molecule has 0 aliphatic rings. The number of rotatable bonds is 4. The van der Waals surface area contributed by atoms with Gasteiger partial charge in [-0.15, -0.1) is 0 Å². The number of nitrogens with zero attached hydrogens (tertiary/aromatic N) is 1. The van der Waals surface area contributed by atoms with Gasteiger partial charge in [-0.2, -0.15) is 0 Å². The van der Waals surface area contributed by atoms with Crippen LogP contribution in [0.4, 0.5) is 5.69 Å². The Kier molecular flexibility index (Phi) is 4.50. The van der Waals surface area contributed by atoms with E-state index in [0.717, 1.165) is 5.69 Å². The van der Waals surface area contributed by atoms with Crippen molar-refractivity contribution < 1.29 is 4.79 Å². The summed E-state index contributed by atoms with van der Waals surface area (Å²) in [5.41, 5.74) is 7.87. The molecule has 1 rings (SSSR count). The van der Waals surface area contributed by atoms with Gasteiger partial charge in [-0.3, -0.25) is 4.79 Å². The van der Waals surface area contributed by atoms with E-state index in [0.29, 0.717) is 13.0 Å². The van der Waals surface area contributed by atoms with E-state index in [9.17, 15) is 4.79 Å². The number of benzene rings is 1. The molecule has 1 aromatic rings. The Balaban J connectivity index is 2.90. The monoisotopic (exact) mass is 220 g/mol. The summed E-state index contributed by atoms with van der Waals surface area (Å²) in [6, 6.07) is 7.52. The number of nitrogens with two attached hydrogens (primary N) is 1. The van der Waals surface area contributed by atoms with E-state index in [1.807, 2.05) is 45.0 Å². The van der Waals surface area contributed by atoms with Gasteiger partial charge in [-0.05, 0) is 32.4 Å². The second-order valence-corrected chi connectivity index (χ2v) is 3.93. The number of carbonyl (C=O) groups excluding carboxylic acids is 1. The van der Waals surface area contributed by atoms with Crippen molar-refractivity contribution in [2.24, 2.45) is 5.73 Å². The molecule has 0 aromatic heterocycles. The minimum absolute atomic E-state index is 0.00569. The van der Waals surface area contributed by atoms with Gasteiger partial charge < -0.3 is 10.6 Å². The molecule has 2 N–H and O–H groups in total. The lowest BCUT2D eigenvalue weighted by Gasteiger charge is -2.24. The van der Waals surface area contributed by atoms with Crippen LogP contribution < -0.4 is 10.6 Å². The average molecular weight is 220 g/mol. The molecule has 1 unspecified atom stereocenters. The third-order valence-corrected chi connectivity index (χ3v) is 2.68. The molecular formula is C13H20N2O. The summed E-state index contributed by atoms with van der Waals surface area (Å²) in [6.45, 7) is 6.56. The van der Waals surface area contributed by atoms with Gasteiger partial charge in [-0.1, -0.05) is 24.6 Å². The Hall–Kier alpha value is -1.35. The number of amides is 1. The maximum atomic E-state index is 12.0. The first-order valence-electron chi connectivity index (χ1n) is 5.73. The van der Waals surface area contributed by atoms with Crippen molar-refractivity contribution in [2.75, 3.05) is 11.4 Å². The van der Waals surface area contributed by atoms with Crippen LogP contribution >= 0.6 is 0 Å². The predicted molar refractivity (Wildman–Crippen MR) is 67.5 cm³/mol. The van der Waals surface area contributed by atoms with Crippen LogP contribution in [0.1, 0.15) is 25.8 Å². The van der Waals surface area contributed by atoms with Crippen LogP contribution in [-0.4, -0.2) is 18.5 Å². The number of hydrogen-bond acceptors (Lipinski definition) is 2. The molecule has 0 radical (unpaired) electrons. The summed E-state index contributed by atoms with van der Waals surface area (Å²) < 4.78 is 0. The number of likely N-dealkylation sites (N-methyl/N-ethyl adjacent to an activating group) is 1. The molecule has 0 aliphatic heterocycles. The van der Waals surface area contributed by atoms with Gasteiger partial charge in [0.2, 0.25) is 5.91 Å². The minimum Gasteiger partial charge on any atom is -0.320 e. The van der Waals surface area contributed by atoms with E-state index in [1.165, 1.54) is 5.56 Å². The van der Waals surface area contributed by atoms with Gasteiger partial charge in [0.15, 0.2) is 0 Å². The lowest BCUT2D eigenvalue weighted by Crippen LogP contribution is -2.43. The summed E-state index contributed by atoms with van der Waals surface area (Å²) in [5.74, 6) is -0.00569. The van der Waals surface area contributed by atoms with E-state index in [2.05, 4.69) is 0 Å². The zero-order chi connectivity index (χ0) is 12.1. The Morgan fingerprint density at radius 3 is 2.31 bits per heavy atom. The Bertz CT molecular complexity index is 345. The topological polar surface area (TPSA) is 46.3 Å². The van der Waals surface area contributed by atoms with Crippen LogP contribution in [0.15, 0.2) is 24.3 Å². The Morgan fingerprint density at radius 2 is 1.88 bits per heavy atom. The van der Waals surface area contributed by atoms with Gasteiger partial charge in [0.25, 0.3) is 0 Å². The predicted octanol–water partition coefficient (Wildman–Crippen LogP) is 2.09. The quantitative estimate of drug-likeness (QED) is 0.844. The maximum absolute atomic E-state index is 12.0. The molecule has 3 heteroatoms. The van der Waals surface area contributed by atoms with Gasteiger partial charge in [0.05, 0.1) is 6.04 Å². The molecule has 1 atom stereocenters. The molecular weight excluding hydrogens is 200 g/mol. The SMILES string of the molecule is CCC(N)C(=O)N(CC)c1ccc(C)cc1. The molecule has 0 heterocycles. The zero-order valence-electron chi connectivity index (χ0n) is 10.2. The van der Waals surface area contributed by atoms with E-state index in [4.69, 9.17) is 5.73 Å². The smallest absolute Gasteiger partial charge is 0.243 e.